The first-order valence-corrected chi connectivity index (χ1v) is 14.3. The maximum atomic E-state index is 14.2. The van der Waals surface area contributed by atoms with Crippen molar-refractivity contribution in [2.45, 2.75) is 19.3 Å². The number of quaternary nitrogens is 1. The molecule has 3 amide bonds. The Morgan fingerprint density at radius 1 is 0.867 bits per heavy atom. The third-order valence-electron chi connectivity index (χ3n) is 7.62. The van der Waals surface area contributed by atoms with Crippen molar-refractivity contribution in [3.8, 4) is 0 Å². The summed E-state index contributed by atoms with van der Waals surface area (Å²) in [6.45, 7) is -0.446. The molecule has 0 saturated heterocycles. The largest absolute Gasteiger partial charge is 0.497 e. The van der Waals surface area contributed by atoms with Crippen LogP contribution in [0.25, 0.3) is 0 Å². The van der Waals surface area contributed by atoms with Gasteiger partial charge in [-0.15, -0.1) is 0 Å². The van der Waals surface area contributed by atoms with Crippen LogP contribution < -0.4 is 9.55 Å². The van der Waals surface area contributed by atoms with Crippen molar-refractivity contribution < 1.29 is 37.2 Å². The number of rotatable bonds is 6. The van der Waals surface area contributed by atoms with Gasteiger partial charge in [-0.1, -0.05) is 35.9 Å². The van der Waals surface area contributed by atoms with E-state index in [-0.39, 0.29) is 23.7 Å². The number of carbonyl (C=O) groups excluding carboxylic acids is 4. The van der Waals surface area contributed by atoms with Gasteiger partial charge < -0.3 is 14.7 Å². The first kappa shape index (κ1) is 31.7. The molecule has 2 heterocycles. The fourth-order valence-corrected chi connectivity index (χ4v) is 5.38. The second-order valence-corrected chi connectivity index (χ2v) is 11.4. The van der Waals surface area contributed by atoms with Gasteiger partial charge in [-0.2, -0.15) is 13.2 Å². The standard InChI is InChI=1S/C32H29ClF3N4O5/c1-37(2)26-13-14-27-24(17-26)18-39(30(43)23-9-11-25(33)12-10-23)19-28(41)40(27,45-31(44)32(34,35)36)20-21-5-7-22(8-6-21)29(42)38-15-3-4-16-38/h3-14,17H,15-16,18-20H2,1-2H3/q+1. The van der Waals surface area contributed by atoms with Gasteiger partial charge in [0.25, 0.3) is 11.8 Å². The lowest BCUT2D eigenvalue weighted by Gasteiger charge is -2.32. The average molecular weight is 642 g/mol. The number of benzene rings is 3. The SMILES string of the molecule is CN(C)c1ccc2c(c1)CN(C(=O)c1ccc(Cl)cc1)CC(=O)[N+]2(Cc1ccc(C(=O)N2CC=CC2)cc1)OC(=O)C(F)(F)F. The molecule has 0 bridgehead atoms. The van der Waals surface area contributed by atoms with E-state index >= 15 is 0 Å². The predicted octanol–water partition coefficient (Wildman–Crippen LogP) is 5.13. The van der Waals surface area contributed by atoms with Gasteiger partial charge in [0.15, 0.2) is 12.2 Å². The Morgan fingerprint density at radius 3 is 2.02 bits per heavy atom. The minimum atomic E-state index is -5.42. The van der Waals surface area contributed by atoms with Gasteiger partial charge >= 0.3 is 18.1 Å². The molecule has 3 aromatic carbocycles. The summed E-state index contributed by atoms with van der Waals surface area (Å²) in [7, 11) is 3.51. The van der Waals surface area contributed by atoms with Crippen LogP contribution in [0.1, 0.15) is 31.8 Å². The van der Waals surface area contributed by atoms with E-state index in [1.165, 1.54) is 59.5 Å². The molecule has 3 aromatic rings. The summed E-state index contributed by atoms with van der Waals surface area (Å²) in [5, 5.41) is 0.388. The molecule has 0 aliphatic carbocycles. The van der Waals surface area contributed by atoms with Crippen molar-refractivity contribution in [3.05, 3.63) is 106 Å². The number of carbonyl (C=O) groups is 4. The molecule has 0 saturated carbocycles. The van der Waals surface area contributed by atoms with Crippen LogP contribution in [0.15, 0.2) is 78.9 Å². The Hall–Kier alpha value is -4.68. The number of hydrogen-bond donors (Lipinski definition) is 0. The number of halogens is 4. The number of anilines is 1. The van der Waals surface area contributed by atoms with Crippen LogP contribution in [-0.4, -0.2) is 73.4 Å². The third kappa shape index (κ3) is 6.57. The van der Waals surface area contributed by atoms with Gasteiger partial charge in [0.1, 0.15) is 6.54 Å². The molecule has 0 N–H and O–H groups in total. The van der Waals surface area contributed by atoms with Crippen LogP contribution in [0.3, 0.4) is 0 Å². The highest BCUT2D eigenvalue weighted by atomic mass is 35.5. The maximum absolute atomic E-state index is 14.2. The Bertz CT molecular complexity index is 1670. The summed E-state index contributed by atoms with van der Waals surface area (Å²) >= 11 is 5.97. The first-order valence-electron chi connectivity index (χ1n) is 13.9. The first-order chi connectivity index (χ1) is 21.3. The van der Waals surface area contributed by atoms with Crippen molar-refractivity contribution in [1.29, 1.82) is 0 Å². The summed E-state index contributed by atoms with van der Waals surface area (Å²) in [6.07, 6.45) is -1.69. The molecule has 9 nitrogen and oxygen atoms in total. The van der Waals surface area contributed by atoms with E-state index in [9.17, 15) is 32.3 Å². The molecule has 0 aromatic heterocycles. The fourth-order valence-electron chi connectivity index (χ4n) is 5.26. The van der Waals surface area contributed by atoms with Gasteiger partial charge in [0.05, 0.1) is 6.54 Å². The fraction of sp³-hybridized carbons (Fsp3) is 0.250. The van der Waals surface area contributed by atoms with Gasteiger partial charge in [-0.25, -0.2) is 9.59 Å². The summed E-state index contributed by atoms with van der Waals surface area (Å²) in [6, 6.07) is 16.6. The number of hydroxylamine groups is 2. The van der Waals surface area contributed by atoms with Crippen LogP contribution in [0.5, 0.6) is 0 Å². The Balaban J connectivity index is 1.60. The molecule has 1 unspecified atom stereocenters. The number of fused-ring (bicyclic) bond motifs is 1. The molecule has 234 valence electrons. The van der Waals surface area contributed by atoms with E-state index < -0.39 is 41.7 Å². The van der Waals surface area contributed by atoms with Crippen LogP contribution in [0.2, 0.25) is 5.02 Å². The number of nitrogens with zero attached hydrogens (tertiary/aromatic N) is 4. The summed E-state index contributed by atoms with van der Waals surface area (Å²) in [5.41, 5.74) is 1.78. The van der Waals surface area contributed by atoms with Crippen molar-refractivity contribution >= 4 is 46.7 Å². The molecule has 1 atom stereocenters. The van der Waals surface area contributed by atoms with Crippen molar-refractivity contribution in [2.24, 2.45) is 0 Å². The Kier molecular flexibility index (Phi) is 8.72. The maximum Gasteiger partial charge on any atom is 0.497 e. The second kappa shape index (κ2) is 12.4. The third-order valence-corrected chi connectivity index (χ3v) is 7.87. The normalized spacial score (nSPS) is 18.0. The van der Waals surface area contributed by atoms with E-state index in [4.69, 9.17) is 16.4 Å². The molecule has 0 spiro atoms. The van der Waals surface area contributed by atoms with Crippen molar-refractivity contribution in [2.75, 3.05) is 38.6 Å². The molecule has 2 aliphatic rings. The topological polar surface area (TPSA) is 87.2 Å². The van der Waals surface area contributed by atoms with E-state index in [0.29, 0.717) is 40.5 Å². The highest BCUT2D eigenvalue weighted by molar-refractivity contribution is 6.30. The van der Waals surface area contributed by atoms with E-state index in [1.807, 2.05) is 12.2 Å². The van der Waals surface area contributed by atoms with Crippen molar-refractivity contribution in [1.82, 2.24) is 14.4 Å². The smallest absolute Gasteiger partial charge is 0.378 e. The van der Waals surface area contributed by atoms with Gasteiger partial charge in [0.2, 0.25) is 0 Å². The highest BCUT2D eigenvalue weighted by Crippen LogP contribution is 2.38. The summed E-state index contributed by atoms with van der Waals surface area (Å²) in [4.78, 5) is 62.7. The minimum absolute atomic E-state index is 0.0297. The monoisotopic (exact) mass is 641 g/mol. The zero-order valence-electron chi connectivity index (χ0n) is 24.4. The zero-order chi connectivity index (χ0) is 32.5. The Morgan fingerprint density at radius 2 is 1.44 bits per heavy atom. The van der Waals surface area contributed by atoms with Crippen LogP contribution in [0.4, 0.5) is 24.5 Å². The molecular weight excluding hydrogens is 613 g/mol. The Labute approximate surface area is 262 Å². The van der Waals surface area contributed by atoms with Crippen LogP contribution >= 0.6 is 11.6 Å². The second-order valence-electron chi connectivity index (χ2n) is 10.9. The number of alkyl halides is 3. The lowest BCUT2D eigenvalue weighted by atomic mass is 10.1. The van der Waals surface area contributed by atoms with E-state index in [2.05, 4.69) is 0 Å². The molecule has 13 heteroatoms. The van der Waals surface area contributed by atoms with Gasteiger partial charge in [-0.3, -0.25) is 14.4 Å². The number of amides is 3. The molecule has 45 heavy (non-hydrogen) atoms. The quantitative estimate of drug-likeness (QED) is 0.274. The molecule has 5 rings (SSSR count). The lowest BCUT2D eigenvalue weighted by molar-refractivity contribution is -0.235. The van der Waals surface area contributed by atoms with Crippen molar-refractivity contribution in [3.63, 3.8) is 0 Å². The van der Waals surface area contributed by atoms with E-state index in [0.717, 1.165) is 0 Å². The van der Waals surface area contributed by atoms with Gasteiger partial charge in [0, 0.05) is 66.2 Å². The molecule has 0 radical (unpaired) electrons. The lowest BCUT2D eigenvalue weighted by Crippen LogP contribution is -2.58. The molecule has 2 aliphatic heterocycles. The van der Waals surface area contributed by atoms with Crippen LogP contribution in [0, 0.1) is 0 Å². The number of hydrogen-bond acceptors (Lipinski definition) is 6. The summed E-state index contributed by atoms with van der Waals surface area (Å²) < 4.78 is 39.6. The predicted molar refractivity (Wildman–Crippen MR) is 161 cm³/mol. The summed E-state index contributed by atoms with van der Waals surface area (Å²) in [5.74, 6) is -4.34. The zero-order valence-corrected chi connectivity index (χ0v) is 25.1. The molecule has 0 fully saturated rings. The minimum Gasteiger partial charge on any atom is -0.378 e. The van der Waals surface area contributed by atoms with E-state index in [1.54, 1.807) is 36.0 Å². The molecular formula is C32H29ClF3N4O5+. The van der Waals surface area contributed by atoms with Gasteiger partial charge in [-0.05, 0) is 53.2 Å². The highest BCUT2D eigenvalue weighted by Gasteiger charge is 2.55. The van der Waals surface area contributed by atoms with Crippen LogP contribution in [-0.2, 0) is 27.5 Å². The average Bonchev–Trinajstić information content (AvgIpc) is 3.51.